The van der Waals surface area contributed by atoms with Gasteiger partial charge in [-0.05, 0) is 170 Å². The van der Waals surface area contributed by atoms with E-state index < -0.39 is 5.41 Å². The monoisotopic (exact) mass is 1120 g/mol. The molecule has 0 unspecified atom stereocenters. The van der Waals surface area contributed by atoms with Gasteiger partial charge in [-0.3, -0.25) is 0 Å². The van der Waals surface area contributed by atoms with Crippen molar-refractivity contribution in [2.45, 2.75) is 110 Å². The molecule has 1 spiro atoms. The highest BCUT2D eigenvalue weighted by atomic mass is 79.9. The van der Waals surface area contributed by atoms with E-state index in [0.29, 0.717) is 0 Å². The minimum absolute atomic E-state index is 0.0587. The second-order valence-electron chi connectivity index (χ2n) is 27.1. The molecule has 10 aromatic carbocycles. The molecule has 2 aliphatic rings. The zero-order chi connectivity index (χ0) is 56.3. The van der Waals surface area contributed by atoms with Crippen molar-refractivity contribution in [3.63, 3.8) is 0 Å². The van der Waals surface area contributed by atoms with Gasteiger partial charge in [-0.15, -0.1) is 0 Å². The molecular weight excluding hydrogens is 1050 g/mol. The van der Waals surface area contributed by atoms with Crippen molar-refractivity contribution >= 4 is 59.5 Å². The van der Waals surface area contributed by atoms with E-state index in [1.54, 1.807) is 0 Å². The van der Waals surface area contributed by atoms with Crippen LogP contribution < -0.4 is 4.74 Å². The summed E-state index contributed by atoms with van der Waals surface area (Å²) in [5.74, 6) is 1.53. The molecule has 0 N–H and O–H groups in total. The third-order valence-electron chi connectivity index (χ3n) is 17.8. The minimum Gasteiger partial charge on any atom is -0.456 e. The van der Waals surface area contributed by atoms with Crippen LogP contribution in [0.1, 0.15) is 128 Å². The standard InChI is InChI=1S/C77H69BrN2O/c1-73(2,3)48-37-46(38-49(41-48)74(4,5)6)47-39-68(71(78)69(40-47)81-53-33-34-57-56-25-15-20-30-63(56)77(64(57)45-53)61-28-18-13-23-54(61)55-24-14-19-29-62(55)77)80-66-32-22-17-27-60(66)70-67(80)36-35-59-58-26-16-21-31-65(58)79(72(59)70)52-43-50(75(7,8)9)42-51(44-52)76(10,11)12/h13-45H,1-12H3. The molecule has 3 nitrogen and oxygen atoms in total. The number of rotatable bonds is 5. The molecule has 81 heavy (non-hydrogen) atoms. The molecule has 0 amide bonds. The number of ether oxygens (including phenoxy) is 1. The SMILES string of the molecule is CC(C)(C)c1cc(-c2cc(Oc3ccc4c(c3)C3(c5ccccc5-c5ccccc53)c3ccccc3-4)c(Br)c(-n3c4ccccc4c4c3ccc3c5ccccc5n(-c5cc(C(C)(C)C)cc(C(C)(C)C)c5)c34)c2)cc(C(C)(C)C)c1. The van der Waals surface area contributed by atoms with E-state index in [-0.39, 0.29) is 21.7 Å². The van der Waals surface area contributed by atoms with Crippen molar-refractivity contribution < 1.29 is 4.74 Å². The van der Waals surface area contributed by atoms with E-state index in [9.17, 15) is 0 Å². The molecule has 400 valence electrons. The number of hydrogen-bond acceptors (Lipinski definition) is 1. The first-order valence-electron chi connectivity index (χ1n) is 28.8. The summed E-state index contributed by atoms with van der Waals surface area (Å²) in [4.78, 5) is 0. The van der Waals surface area contributed by atoms with Gasteiger partial charge in [-0.2, -0.15) is 0 Å². The number of nitrogens with zero attached hydrogens (tertiary/aromatic N) is 2. The number of benzene rings is 10. The largest absolute Gasteiger partial charge is 0.456 e. The van der Waals surface area contributed by atoms with Gasteiger partial charge in [-0.1, -0.05) is 229 Å². The summed E-state index contributed by atoms with van der Waals surface area (Å²) in [6.07, 6.45) is 0. The fourth-order valence-electron chi connectivity index (χ4n) is 13.6. The molecule has 0 atom stereocenters. The van der Waals surface area contributed by atoms with Crippen LogP contribution in [0.15, 0.2) is 205 Å². The quantitative estimate of drug-likeness (QED) is 0.168. The fourth-order valence-corrected chi connectivity index (χ4v) is 14.0. The van der Waals surface area contributed by atoms with Crippen LogP contribution in [-0.2, 0) is 27.1 Å². The molecule has 4 heteroatoms. The highest BCUT2D eigenvalue weighted by Crippen LogP contribution is 2.63. The maximum atomic E-state index is 7.53. The molecule has 2 aromatic heterocycles. The van der Waals surface area contributed by atoms with Crippen LogP contribution in [0.5, 0.6) is 11.5 Å². The van der Waals surface area contributed by atoms with Gasteiger partial charge in [0.25, 0.3) is 0 Å². The summed E-state index contributed by atoms with van der Waals surface area (Å²) in [6, 6.07) is 75.6. The molecule has 12 aromatic rings. The second kappa shape index (κ2) is 17.8. The first-order chi connectivity index (χ1) is 38.6. The third kappa shape index (κ3) is 7.80. The zero-order valence-corrected chi connectivity index (χ0v) is 50.3. The predicted octanol–water partition coefficient (Wildman–Crippen LogP) is 21.6. The molecule has 0 bridgehead atoms. The average molecular weight is 1120 g/mol. The Labute approximate surface area is 486 Å². The Hall–Kier alpha value is -7.92. The highest BCUT2D eigenvalue weighted by Gasteiger charge is 2.51. The lowest BCUT2D eigenvalue weighted by atomic mass is 9.70. The summed E-state index contributed by atoms with van der Waals surface area (Å²) in [5.41, 5.74) is 23.8. The van der Waals surface area contributed by atoms with Crippen molar-refractivity contribution in [1.82, 2.24) is 9.13 Å². The van der Waals surface area contributed by atoms with E-state index in [4.69, 9.17) is 4.74 Å². The number of para-hydroxylation sites is 2. The van der Waals surface area contributed by atoms with Gasteiger partial charge in [0, 0.05) is 27.2 Å². The Balaban J connectivity index is 1.04. The van der Waals surface area contributed by atoms with E-state index in [0.717, 1.165) is 43.8 Å². The van der Waals surface area contributed by atoms with E-state index in [2.05, 4.69) is 308 Å². The lowest BCUT2D eigenvalue weighted by Crippen LogP contribution is -2.25. The van der Waals surface area contributed by atoms with Crippen LogP contribution in [0.25, 0.3) is 88.4 Å². The fraction of sp³-hybridized carbons (Fsp3) is 0.221. The molecule has 0 saturated carbocycles. The number of fused-ring (bicyclic) bond motifs is 17. The molecular formula is C77H69BrN2O. The van der Waals surface area contributed by atoms with Crippen LogP contribution in [0, 0.1) is 0 Å². The number of hydrogen-bond donors (Lipinski definition) is 0. The van der Waals surface area contributed by atoms with Crippen molar-refractivity contribution in [2.75, 3.05) is 0 Å². The van der Waals surface area contributed by atoms with Gasteiger partial charge in [0.05, 0.1) is 37.6 Å². The van der Waals surface area contributed by atoms with Crippen molar-refractivity contribution in [1.29, 1.82) is 0 Å². The summed E-state index contributed by atoms with van der Waals surface area (Å²) in [6.45, 7) is 27.9. The molecule has 0 saturated heterocycles. The van der Waals surface area contributed by atoms with Crippen molar-refractivity contribution in [3.05, 3.63) is 249 Å². The molecule has 0 aliphatic heterocycles. The lowest BCUT2D eigenvalue weighted by molar-refractivity contribution is 0.478. The second-order valence-corrected chi connectivity index (χ2v) is 27.9. The van der Waals surface area contributed by atoms with Crippen LogP contribution >= 0.6 is 15.9 Å². The predicted molar refractivity (Wildman–Crippen MR) is 346 cm³/mol. The highest BCUT2D eigenvalue weighted by molar-refractivity contribution is 9.10. The summed E-state index contributed by atoms with van der Waals surface area (Å²) in [5, 5.41) is 4.87. The van der Waals surface area contributed by atoms with Gasteiger partial charge in [0.1, 0.15) is 11.5 Å². The van der Waals surface area contributed by atoms with Gasteiger partial charge in [-0.25, -0.2) is 0 Å². The molecule has 2 heterocycles. The molecule has 2 aliphatic carbocycles. The van der Waals surface area contributed by atoms with Crippen LogP contribution in [0.3, 0.4) is 0 Å². The normalized spacial score (nSPS) is 13.8. The summed E-state index contributed by atoms with van der Waals surface area (Å²) in [7, 11) is 0. The Bertz CT molecular complexity index is 4480. The lowest BCUT2D eigenvalue weighted by Gasteiger charge is -2.30. The maximum Gasteiger partial charge on any atom is 0.144 e. The molecule has 14 rings (SSSR count). The van der Waals surface area contributed by atoms with Crippen molar-refractivity contribution in [3.8, 4) is 56.3 Å². The molecule has 0 fully saturated rings. The van der Waals surface area contributed by atoms with Crippen LogP contribution in [-0.4, -0.2) is 9.13 Å². The topological polar surface area (TPSA) is 19.1 Å². The van der Waals surface area contributed by atoms with E-state index >= 15 is 0 Å². The first kappa shape index (κ1) is 51.2. The Morgan fingerprint density at radius 3 is 1.37 bits per heavy atom. The van der Waals surface area contributed by atoms with Crippen LogP contribution in [0.4, 0.5) is 0 Å². The maximum absolute atomic E-state index is 7.53. The smallest absolute Gasteiger partial charge is 0.144 e. The Morgan fingerprint density at radius 2 is 0.827 bits per heavy atom. The first-order valence-corrected chi connectivity index (χ1v) is 29.6. The number of halogens is 1. The summed E-state index contributed by atoms with van der Waals surface area (Å²) >= 11 is 4.35. The van der Waals surface area contributed by atoms with Gasteiger partial charge >= 0.3 is 0 Å². The van der Waals surface area contributed by atoms with E-state index in [1.807, 2.05) is 0 Å². The Morgan fingerprint density at radius 1 is 0.370 bits per heavy atom. The van der Waals surface area contributed by atoms with Crippen LogP contribution in [0.2, 0.25) is 0 Å². The van der Waals surface area contributed by atoms with Gasteiger partial charge in [0.2, 0.25) is 0 Å². The Kier molecular flexibility index (Phi) is 11.3. The minimum atomic E-state index is -0.501. The van der Waals surface area contributed by atoms with Gasteiger partial charge in [0.15, 0.2) is 0 Å². The third-order valence-corrected chi connectivity index (χ3v) is 18.6. The van der Waals surface area contributed by atoms with E-state index in [1.165, 1.54) is 105 Å². The zero-order valence-electron chi connectivity index (χ0n) is 48.7. The summed E-state index contributed by atoms with van der Waals surface area (Å²) < 4.78 is 13.4. The average Bonchev–Trinajstić information content (AvgIpc) is 1.93. The van der Waals surface area contributed by atoms with Crippen molar-refractivity contribution in [2.24, 2.45) is 0 Å². The van der Waals surface area contributed by atoms with Gasteiger partial charge < -0.3 is 13.9 Å². The molecule has 0 radical (unpaired) electrons. The number of aromatic nitrogens is 2.